The van der Waals surface area contributed by atoms with Gasteiger partial charge in [-0.3, -0.25) is 9.78 Å². The summed E-state index contributed by atoms with van der Waals surface area (Å²) in [5, 5.41) is 0. The Kier molecular flexibility index (Phi) is 4.83. The molecule has 1 fully saturated rings. The molecule has 0 aliphatic carbocycles. The first-order valence-corrected chi connectivity index (χ1v) is 7.96. The van der Waals surface area contributed by atoms with Crippen molar-refractivity contribution in [1.82, 2.24) is 24.8 Å². The number of carbonyl (C=O) groups excluding carboxylic acids is 1. The fourth-order valence-corrected chi connectivity index (χ4v) is 2.57. The Hall–Kier alpha value is -2.77. The van der Waals surface area contributed by atoms with Crippen molar-refractivity contribution in [3.63, 3.8) is 0 Å². The topological polar surface area (TPSA) is 84.3 Å². The number of anilines is 1. The first-order valence-electron chi connectivity index (χ1n) is 7.96. The van der Waals surface area contributed by atoms with E-state index in [4.69, 9.17) is 4.74 Å². The zero-order valence-electron chi connectivity index (χ0n) is 13.8. The van der Waals surface area contributed by atoms with Crippen molar-refractivity contribution >= 4 is 11.9 Å². The second kappa shape index (κ2) is 7.20. The van der Waals surface area contributed by atoms with E-state index < -0.39 is 0 Å². The van der Waals surface area contributed by atoms with Gasteiger partial charge >= 0.3 is 0 Å². The van der Waals surface area contributed by atoms with Crippen molar-refractivity contribution in [3.8, 4) is 5.88 Å². The number of rotatable bonds is 4. The van der Waals surface area contributed by atoms with Crippen LogP contribution in [0.5, 0.6) is 5.88 Å². The van der Waals surface area contributed by atoms with Crippen molar-refractivity contribution in [2.24, 2.45) is 0 Å². The molecule has 2 aromatic heterocycles. The number of aromatic nitrogens is 4. The number of ether oxygens (including phenoxy) is 1. The number of amides is 1. The molecule has 3 heterocycles. The molecule has 0 unspecified atom stereocenters. The van der Waals surface area contributed by atoms with Crippen LogP contribution in [-0.2, 0) is 0 Å². The molecule has 0 aromatic carbocycles. The van der Waals surface area contributed by atoms with Crippen LogP contribution >= 0.6 is 0 Å². The molecule has 0 atom stereocenters. The molecule has 126 valence electrons. The SMILES string of the molecule is CCOc1cc(C)nc(N2CCN(C(=O)c3cnccn3)CC2)n1. The van der Waals surface area contributed by atoms with Crippen LogP contribution in [0.15, 0.2) is 24.7 Å². The van der Waals surface area contributed by atoms with Crippen LogP contribution in [-0.4, -0.2) is 63.5 Å². The van der Waals surface area contributed by atoms with E-state index in [1.54, 1.807) is 11.1 Å². The first-order chi connectivity index (χ1) is 11.7. The number of piperazine rings is 1. The lowest BCUT2D eigenvalue weighted by Crippen LogP contribution is -2.49. The second-order valence-corrected chi connectivity index (χ2v) is 5.45. The van der Waals surface area contributed by atoms with Crippen LogP contribution in [0.2, 0.25) is 0 Å². The Morgan fingerprint density at radius 2 is 2.00 bits per heavy atom. The summed E-state index contributed by atoms with van der Waals surface area (Å²) in [6.07, 6.45) is 4.58. The Morgan fingerprint density at radius 3 is 2.67 bits per heavy atom. The van der Waals surface area contributed by atoms with Crippen molar-refractivity contribution < 1.29 is 9.53 Å². The van der Waals surface area contributed by atoms with E-state index in [2.05, 4.69) is 24.8 Å². The Morgan fingerprint density at radius 1 is 1.21 bits per heavy atom. The predicted octanol–water partition coefficient (Wildman–Crippen LogP) is 0.936. The zero-order chi connectivity index (χ0) is 16.9. The molecule has 0 N–H and O–H groups in total. The van der Waals surface area contributed by atoms with Crippen LogP contribution in [0.25, 0.3) is 0 Å². The number of hydrogen-bond donors (Lipinski definition) is 0. The summed E-state index contributed by atoms with van der Waals surface area (Å²) >= 11 is 0. The molecule has 1 amide bonds. The molecule has 3 rings (SSSR count). The molecule has 0 bridgehead atoms. The highest BCUT2D eigenvalue weighted by atomic mass is 16.5. The van der Waals surface area contributed by atoms with Gasteiger partial charge in [-0.05, 0) is 13.8 Å². The molecule has 8 heteroatoms. The Balaban J connectivity index is 1.66. The van der Waals surface area contributed by atoms with E-state index in [-0.39, 0.29) is 5.91 Å². The Labute approximate surface area is 140 Å². The quantitative estimate of drug-likeness (QED) is 0.825. The average Bonchev–Trinajstić information content (AvgIpc) is 2.62. The highest BCUT2D eigenvalue weighted by Gasteiger charge is 2.24. The molecule has 1 saturated heterocycles. The minimum absolute atomic E-state index is 0.0945. The normalized spacial score (nSPS) is 14.6. The van der Waals surface area contributed by atoms with Gasteiger partial charge in [0, 0.05) is 50.3 Å². The Bertz CT molecular complexity index is 701. The lowest BCUT2D eigenvalue weighted by Gasteiger charge is -2.34. The third-order valence-corrected chi connectivity index (χ3v) is 3.74. The van der Waals surface area contributed by atoms with E-state index in [1.807, 2.05) is 19.9 Å². The van der Waals surface area contributed by atoms with Gasteiger partial charge < -0.3 is 14.5 Å². The van der Waals surface area contributed by atoms with Gasteiger partial charge in [0.05, 0.1) is 12.8 Å². The van der Waals surface area contributed by atoms with E-state index in [0.717, 1.165) is 5.69 Å². The maximum atomic E-state index is 12.4. The zero-order valence-corrected chi connectivity index (χ0v) is 13.8. The number of nitrogens with zero attached hydrogens (tertiary/aromatic N) is 6. The van der Waals surface area contributed by atoms with Gasteiger partial charge in [0.2, 0.25) is 11.8 Å². The van der Waals surface area contributed by atoms with E-state index in [0.29, 0.717) is 50.3 Å². The van der Waals surface area contributed by atoms with E-state index >= 15 is 0 Å². The number of aryl methyl sites for hydroxylation is 1. The molecular formula is C16H20N6O2. The fraction of sp³-hybridized carbons (Fsp3) is 0.438. The smallest absolute Gasteiger partial charge is 0.274 e. The van der Waals surface area contributed by atoms with Gasteiger partial charge in [0.1, 0.15) is 5.69 Å². The highest BCUT2D eigenvalue weighted by molar-refractivity contribution is 5.92. The van der Waals surface area contributed by atoms with E-state index in [1.165, 1.54) is 12.4 Å². The minimum atomic E-state index is -0.0945. The van der Waals surface area contributed by atoms with Crippen LogP contribution in [0.3, 0.4) is 0 Å². The second-order valence-electron chi connectivity index (χ2n) is 5.45. The summed E-state index contributed by atoms with van der Waals surface area (Å²) in [6, 6.07) is 1.82. The summed E-state index contributed by atoms with van der Waals surface area (Å²) in [7, 11) is 0. The minimum Gasteiger partial charge on any atom is -0.478 e. The van der Waals surface area contributed by atoms with Crippen LogP contribution in [0.4, 0.5) is 5.95 Å². The lowest BCUT2D eigenvalue weighted by molar-refractivity contribution is 0.0739. The lowest BCUT2D eigenvalue weighted by atomic mass is 10.3. The summed E-state index contributed by atoms with van der Waals surface area (Å²) in [5.41, 5.74) is 1.23. The molecule has 0 spiro atoms. The monoisotopic (exact) mass is 328 g/mol. The van der Waals surface area contributed by atoms with Gasteiger partial charge in [-0.15, -0.1) is 0 Å². The summed E-state index contributed by atoms with van der Waals surface area (Å²) < 4.78 is 5.48. The average molecular weight is 328 g/mol. The predicted molar refractivity (Wildman–Crippen MR) is 88.1 cm³/mol. The fourth-order valence-electron chi connectivity index (χ4n) is 2.57. The third-order valence-electron chi connectivity index (χ3n) is 3.74. The highest BCUT2D eigenvalue weighted by Crippen LogP contribution is 2.17. The molecule has 1 aliphatic heterocycles. The maximum Gasteiger partial charge on any atom is 0.274 e. The molecule has 8 nitrogen and oxygen atoms in total. The molecule has 0 saturated carbocycles. The van der Waals surface area contributed by atoms with Crippen molar-refractivity contribution in [2.45, 2.75) is 13.8 Å². The van der Waals surface area contributed by atoms with Gasteiger partial charge in [-0.2, -0.15) is 4.98 Å². The molecule has 24 heavy (non-hydrogen) atoms. The maximum absolute atomic E-state index is 12.4. The number of carbonyl (C=O) groups is 1. The molecular weight excluding hydrogens is 308 g/mol. The molecule has 2 aromatic rings. The van der Waals surface area contributed by atoms with Crippen LogP contribution < -0.4 is 9.64 Å². The summed E-state index contributed by atoms with van der Waals surface area (Å²) in [6.45, 7) is 6.93. The van der Waals surface area contributed by atoms with Crippen molar-refractivity contribution in [3.05, 3.63) is 36.0 Å². The van der Waals surface area contributed by atoms with Gasteiger partial charge in [0.15, 0.2) is 0 Å². The van der Waals surface area contributed by atoms with Gasteiger partial charge in [-0.25, -0.2) is 9.97 Å². The van der Waals surface area contributed by atoms with E-state index in [9.17, 15) is 4.79 Å². The molecule has 0 radical (unpaired) electrons. The first kappa shape index (κ1) is 16.1. The largest absolute Gasteiger partial charge is 0.478 e. The summed E-state index contributed by atoms with van der Waals surface area (Å²) in [5.74, 6) is 1.13. The standard InChI is InChI=1S/C16H20N6O2/c1-3-24-14-10-12(2)19-16(20-14)22-8-6-21(7-9-22)15(23)13-11-17-4-5-18-13/h4-5,10-11H,3,6-9H2,1-2H3. The van der Waals surface area contributed by atoms with Crippen LogP contribution in [0, 0.1) is 6.92 Å². The van der Waals surface area contributed by atoms with Gasteiger partial charge in [-0.1, -0.05) is 0 Å². The molecule has 1 aliphatic rings. The van der Waals surface area contributed by atoms with Crippen LogP contribution in [0.1, 0.15) is 23.1 Å². The van der Waals surface area contributed by atoms with Crippen molar-refractivity contribution in [1.29, 1.82) is 0 Å². The summed E-state index contributed by atoms with van der Waals surface area (Å²) in [4.78, 5) is 33.2. The third kappa shape index (κ3) is 3.58. The van der Waals surface area contributed by atoms with Crippen molar-refractivity contribution in [2.75, 3.05) is 37.7 Å². The van der Waals surface area contributed by atoms with Gasteiger partial charge in [0.25, 0.3) is 5.91 Å². The number of hydrogen-bond acceptors (Lipinski definition) is 7.